The van der Waals surface area contributed by atoms with E-state index in [4.69, 9.17) is 0 Å². The standard InChI is InChI=1S/C16H22N4O.HI/c1-17-16(18-10-12-6-7-12)19-11-15(21)20-9-8-13-4-2-3-5-14(13)20;/h2-5,12H,6-11H2,1H3,(H2,17,18,19);1H. The summed E-state index contributed by atoms with van der Waals surface area (Å²) in [6, 6.07) is 8.11. The molecule has 2 N–H and O–H groups in total. The average molecular weight is 414 g/mol. The molecule has 22 heavy (non-hydrogen) atoms. The Balaban J connectivity index is 0.00000176. The molecule has 3 rings (SSSR count). The van der Waals surface area contributed by atoms with E-state index in [-0.39, 0.29) is 36.4 Å². The van der Waals surface area contributed by atoms with Gasteiger partial charge in [-0.15, -0.1) is 24.0 Å². The number of amides is 1. The van der Waals surface area contributed by atoms with Crippen molar-refractivity contribution in [2.24, 2.45) is 10.9 Å². The fourth-order valence-corrected chi connectivity index (χ4v) is 2.64. The molecule has 6 heteroatoms. The van der Waals surface area contributed by atoms with E-state index in [1.54, 1.807) is 7.05 Å². The van der Waals surface area contributed by atoms with Crippen LogP contribution in [0.15, 0.2) is 29.3 Å². The van der Waals surface area contributed by atoms with Crippen molar-refractivity contribution in [2.45, 2.75) is 19.3 Å². The summed E-state index contributed by atoms with van der Waals surface area (Å²) in [6.45, 7) is 1.99. The fourth-order valence-electron chi connectivity index (χ4n) is 2.64. The fraction of sp³-hybridized carbons (Fsp3) is 0.500. The van der Waals surface area contributed by atoms with Crippen molar-refractivity contribution in [3.05, 3.63) is 29.8 Å². The number of hydrogen-bond donors (Lipinski definition) is 2. The number of anilines is 1. The van der Waals surface area contributed by atoms with Crippen molar-refractivity contribution in [1.82, 2.24) is 10.6 Å². The molecular formula is C16H23IN4O. The zero-order valence-electron chi connectivity index (χ0n) is 12.8. The first-order chi connectivity index (χ1) is 10.3. The van der Waals surface area contributed by atoms with Gasteiger partial charge in [-0.2, -0.15) is 0 Å². The number of nitrogens with zero attached hydrogens (tertiary/aromatic N) is 2. The van der Waals surface area contributed by atoms with Crippen LogP contribution in [-0.4, -0.2) is 38.5 Å². The summed E-state index contributed by atoms with van der Waals surface area (Å²) < 4.78 is 0. The van der Waals surface area contributed by atoms with E-state index in [1.165, 1.54) is 18.4 Å². The Hall–Kier alpha value is -1.31. The number of rotatable bonds is 4. The Labute approximate surface area is 148 Å². The van der Waals surface area contributed by atoms with Crippen LogP contribution in [0.25, 0.3) is 0 Å². The first-order valence-corrected chi connectivity index (χ1v) is 7.60. The van der Waals surface area contributed by atoms with Gasteiger partial charge in [0.25, 0.3) is 0 Å². The van der Waals surface area contributed by atoms with Crippen molar-refractivity contribution in [3.63, 3.8) is 0 Å². The van der Waals surface area contributed by atoms with Crippen molar-refractivity contribution < 1.29 is 4.79 Å². The summed E-state index contributed by atoms with van der Waals surface area (Å²) in [5.74, 6) is 1.58. The molecule has 1 fully saturated rings. The molecule has 1 aromatic rings. The summed E-state index contributed by atoms with van der Waals surface area (Å²) in [4.78, 5) is 18.4. The molecule has 0 radical (unpaired) electrons. The maximum Gasteiger partial charge on any atom is 0.246 e. The largest absolute Gasteiger partial charge is 0.356 e. The Morgan fingerprint density at radius 3 is 2.82 bits per heavy atom. The predicted molar refractivity (Wildman–Crippen MR) is 100 cm³/mol. The van der Waals surface area contributed by atoms with Crippen LogP contribution in [0.4, 0.5) is 5.69 Å². The Kier molecular flexibility index (Phi) is 6.05. The highest BCUT2D eigenvalue weighted by atomic mass is 127. The van der Waals surface area contributed by atoms with Crippen LogP contribution in [0, 0.1) is 5.92 Å². The van der Waals surface area contributed by atoms with E-state index in [9.17, 15) is 4.79 Å². The van der Waals surface area contributed by atoms with Crippen molar-refractivity contribution in [3.8, 4) is 0 Å². The second-order valence-corrected chi connectivity index (χ2v) is 5.67. The molecule has 0 aromatic heterocycles. The van der Waals surface area contributed by atoms with E-state index < -0.39 is 0 Å². The Morgan fingerprint density at radius 1 is 1.32 bits per heavy atom. The molecule has 1 amide bonds. The monoisotopic (exact) mass is 414 g/mol. The summed E-state index contributed by atoms with van der Waals surface area (Å²) >= 11 is 0. The van der Waals surface area contributed by atoms with Crippen LogP contribution in [0.1, 0.15) is 18.4 Å². The lowest BCUT2D eigenvalue weighted by Gasteiger charge is -2.18. The number of para-hydroxylation sites is 1. The smallest absolute Gasteiger partial charge is 0.246 e. The zero-order valence-corrected chi connectivity index (χ0v) is 15.2. The molecule has 0 saturated heterocycles. The van der Waals surface area contributed by atoms with Gasteiger partial charge in [0.2, 0.25) is 5.91 Å². The summed E-state index contributed by atoms with van der Waals surface area (Å²) in [5.41, 5.74) is 2.30. The van der Waals surface area contributed by atoms with Crippen molar-refractivity contribution >= 4 is 41.5 Å². The molecule has 0 spiro atoms. The minimum atomic E-state index is 0. The maximum atomic E-state index is 12.4. The quantitative estimate of drug-likeness (QED) is 0.449. The number of benzene rings is 1. The Bertz CT molecular complexity index is 557. The number of hydrogen-bond acceptors (Lipinski definition) is 2. The van der Waals surface area contributed by atoms with E-state index >= 15 is 0 Å². The van der Waals surface area contributed by atoms with Crippen LogP contribution in [0.3, 0.4) is 0 Å². The van der Waals surface area contributed by atoms with Crippen LogP contribution < -0.4 is 15.5 Å². The average Bonchev–Trinajstić information content (AvgIpc) is 3.24. The lowest BCUT2D eigenvalue weighted by Crippen LogP contribution is -2.44. The molecular weight excluding hydrogens is 391 g/mol. The third-order valence-electron chi connectivity index (χ3n) is 4.07. The number of aliphatic imine (C=N–C) groups is 1. The third-order valence-corrected chi connectivity index (χ3v) is 4.07. The molecule has 1 aliphatic carbocycles. The number of carbonyl (C=O) groups excluding carboxylic acids is 1. The highest BCUT2D eigenvalue weighted by Crippen LogP contribution is 2.28. The number of halogens is 1. The van der Waals surface area contributed by atoms with Crippen molar-refractivity contribution in [1.29, 1.82) is 0 Å². The second kappa shape index (κ2) is 7.80. The van der Waals surface area contributed by atoms with Crippen molar-refractivity contribution in [2.75, 3.05) is 31.6 Å². The minimum Gasteiger partial charge on any atom is -0.356 e. The lowest BCUT2D eigenvalue weighted by atomic mass is 10.2. The minimum absolute atomic E-state index is 0. The van der Waals surface area contributed by atoms with Crippen LogP contribution in [-0.2, 0) is 11.2 Å². The van der Waals surface area contributed by atoms with E-state index in [1.807, 2.05) is 23.1 Å². The molecule has 1 aromatic carbocycles. The molecule has 1 saturated carbocycles. The molecule has 0 atom stereocenters. The molecule has 2 aliphatic rings. The van der Waals surface area contributed by atoms with Gasteiger partial charge in [0.15, 0.2) is 5.96 Å². The highest BCUT2D eigenvalue weighted by molar-refractivity contribution is 14.0. The number of guanidine groups is 1. The first-order valence-electron chi connectivity index (χ1n) is 7.60. The Morgan fingerprint density at radius 2 is 2.09 bits per heavy atom. The van der Waals surface area contributed by atoms with Crippen LogP contribution >= 0.6 is 24.0 Å². The van der Waals surface area contributed by atoms with Gasteiger partial charge in [-0.3, -0.25) is 9.79 Å². The summed E-state index contributed by atoms with van der Waals surface area (Å²) in [7, 11) is 1.73. The topological polar surface area (TPSA) is 56.7 Å². The lowest BCUT2D eigenvalue weighted by molar-refractivity contribution is -0.117. The molecule has 1 aliphatic heterocycles. The summed E-state index contributed by atoms with van der Waals surface area (Å²) in [5, 5.41) is 6.37. The van der Waals surface area contributed by atoms with E-state index in [0.717, 1.165) is 31.1 Å². The first kappa shape index (κ1) is 17.1. The SMILES string of the molecule is CN=C(NCC(=O)N1CCc2ccccc21)NCC1CC1.I. The summed E-state index contributed by atoms with van der Waals surface area (Å²) in [6.07, 6.45) is 3.54. The highest BCUT2D eigenvalue weighted by Gasteiger charge is 2.24. The number of carbonyl (C=O) groups is 1. The number of nitrogens with one attached hydrogen (secondary N) is 2. The third kappa shape index (κ3) is 4.12. The molecule has 1 heterocycles. The van der Waals surface area contributed by atoms with Gasteiger partial charge in [0.1, 0.15) is 0 Å². The maximum absolute atomic E-state index is 12.4. The van der Waals surface area contributed by atoms with Gasteiger partial charge >= 0.3 is 0 Å². The van der Waals surface area contributed by atoms with Gasteiger partial charge in [-0.1, -0.05) is 18.2 Å². The molecule has 120 valence electrons. The molecule has 0 unspecified atom stereocenters. The van der Waals surface area contributed by atoms with Crippen LogP contribution in [0.2, 0.25) is 0 Å². The van der Waals surface area contributed by atoms with Gasteiger partial charge < -0.3 is 15.5 Å². The van der Waals surface area contributed by atoms with Gasteiger partial charge in [-0.25, -0.2) is 0 Å². The molecule has 5 nitrogen and oxygen atoms in total. The second-order valence-electron chi connectivity index (χ2n) is 5.67. The van der Waals surface area contributed by atoms with E-state index in [2.05, 4.69) is 21.7 Å². The normalized spacial score (nSPS) is 16.8. The van der Waals surface area contributed by atoms with Crippen LogP contribution in [0.5, 0.6) is 0 Å². The zero-order chi connectivity index (χ0) is 14.7. The number of fused-ring (bicyclic) bond motifs is 1. The predicted octanol–water partition coefficient (Wildman–Crippen LogP) is 1.77. The van der Waals surface area contributed by atoms with E-state index in [0.29, 0.717) is 5.96 Å². The van der Waals surface area contributed by atoms with Gasteiger partial charge in [0, 0.05) is 25.8 Å². The van der Waals surface area contributed by atoms with Gasteiger partial charge in [0.05, 0.1) is 6.54 Å². The molecule has 0 bridgehead atoms. The van der Waals surface area contributed by atoms with Gasteiger partial charge in [-0.05, 0) is 36.8 Å².